The molecule has 1 aliphatic heterocycles. The number of amides is 2. The summed E-state index contributed by atoms with van der Waals surface area (Å²) in [6.45, 7) is 10.5. The van der Waals surface area contributed by atoms with Gasteiger partial charge in [-0.05, 0) is 20.8 Å². The van der Waals surface area contributed by atoms with E-state index in [4.69, 9.17) is 4.52 Å². The molecule has 1 aromatic heterocycles. The van der Waals surface area contributed by atoms with Crippen LogP contribution in [-0.2, 0) is 0 Å². The van der Waals surface area contributed by atoms with Gasteiger partial charge in [0.05, 0.1) is 0 Å². The lowest BCUT2D eigenvalue weighted by Crippen LogP contribution is -2.53. The van der Waals surface area contributed by atoms with Gasteiger partial charge in [-0.3, -0.25) is 0 Å². The number of piperazine rings is 1. The van der Waals surface area contributed by atoms with Crippen LogP contribution in [0.1, 0.15) is 19.6 Å². The number of urea groups is 1. The minimum absolute atomic E-state index is 0.140. The van der Waals surface area contributed by atoms with Gasteiger partial charge in [0.25, 0.3) is 0 Å². The van der Waals surface area contributed by atoms with Crippen LogP contribution < -0.4 is 4.90 Å². The van der Waals surface area contributed by atoms with Crippen LogP contribution in [0.2, 0.25) is 0 Å². The van der Waals surface area contributed by atoms with Gasteiger partial charge in [0, 0.05) is 45.3 Å². The Labute approximate surface area is 113 Å². The first-order valence-corrected chi connectivity index (χ1v) is 6.87. The van der Waals surface area contributed by atoms with Crippen molar-refractivity contribution in [3.05, 3.63) is 11.8 Å². The molecule has 2 amide bonds. The normalized spacial score (nSPS) is 15.7. The van der Waals surface area contributed by atoms with Crippen molar-refractivity contribution >= 4 is 11.8 Å². The van der Waals surface area contributed by atoms with E-state index in [-0.39, 0.29) is 6.03 Å². The molecule has 0 atom stereocenters. The summed E-state index contributed by atoms with van der Waals surface area (Å²) in [5.41, 5.74) is 0. The van der Waals surface area contributed by atoms with E-state index >= 15 is 0 Å². The highest BCUT2D eigenvalue weighted by molar-refractivity contribution is 5.74. The van der Waals surface area contributed by atoms with Crippen molar-refractivity contribution in [3.8, 4) is 0 Å². The zero-order valence-electron chi connectivity index (χ0n) is 11.9. The number of aromatic nitrogens is 1. The van der Waals surface area contributed by atoms with E-state index in [0.29, 0.717) is 0 Å². The van der Waals surface area contributed by atoms with Gasteiger partial charge in [0.1, 0.15) is 5.76 Å². The Morgan fingerprint density at radius 3 is 2.42 bits per heavy atom. The molecule has 0 aliphatic carbocycles. The lowest BCUT2D eigenvalue weighted by Gasteiger charge is -2.37. The SMILES string of the molecule is CCN(CC)C(=O)N1CCN(c2cc(C)on2)CC1. The molecule has 1 fully saturated rings. The van der Waals surface area contributed by atoms with Crippen molar-refractivity contribution in [2.24, 2.45) is 0 Å². The molecule has 19 heavy (non-hydrogen) atoms. The Balaban J connectivity index is 1.90. The zero-order chi connectivity index (χ0) is 13.8. The fourth-order valence-corrected chi connectivity index (χ4v) is 2.32. The van der Waals surface area contributed by atoms with Crippen molar-refractivity contribution in [2.75, 3.05) is 44.2 Å². The molecule has 1 saturated heterocycles. The van der Waals surface area contributed by atoms with E-state index < -0.39 is 0 Å². The summed E-state index contributed by atoms with van der Waals surface area (Å²) in [5.74, 6) is 1.68. The van der Waals surface area contributed by atoms with Gasteiger partial charge in [-0.1, -0.05) is 5.16 Å². The first-order valence-electron chi connectivity index (χ1n) is 6.87. The minimum atomic E-state index is 0.140. The van der Waals surface area contributed by atoms with E-state index in [1.165, 1.54) is 0 Å². The van der Waals surface area contributed by atoms with Crippen LogP contribution in [0, 0.1) is 6.92 Å². The lowest BCUT2D eigenvalue weighted by atomic mass is 10.3. The van der Waals surface area contributed by atoms with Crippen LogP contribution in [0.3, 0.4) is 0 Å². The van der Waals surface area contributed by atoms with E-state index in [2.05, 4.69) is 10.1 Å². The predicted molar refractivity (Wildman–Crippen MR) is 73.3 cm³/mol. The van der Waals surface area contributed by atoms with Crippen LogP contribution in [-0.4, -0.2) is 60.3 Å². The molecule has 0 N–H and O–H groups in total. The molecule has 0 aromatic carbocycles. The molecule has 1 aromatic rings. The molecule has 6 heteroatoms. The molecular weight excluding hydrogens is 244 g/mol. The lowest BCUT2D eigenvalue weighted by molar-refractivity contribution is 0.154. The fourth-order valence-electron chi connectivity index (χ4n) is 2.32. The molecule has 1 aliphatic rings. The Kier molecular flexibility index (Phi) is 4.29. The first-order chi connectivity index (χ1) is 9.15. The van der Waals surface area contributed by atoms with Crippen LogP contribution in [0.5, 0.6) is 0 Å². The molecular formula is C13H22N4O2. The molecule has 0 bridgehead atoms. The molecule has 2 rings (SSSR count). The van der Waals surface area contributed by atoms with E-state index in [0.717, 1.165) is 50.8 Å². The summed E-state index contributed by atoms with van der Waals surface area (Å²) >= 11 is 0. The average molecular weight is 266 g/mol. The summed E-state index contributed by atoms with van der Waals surface area (Å²) in [5, 5.41) is 4.01. The number of aryl methyl sites for hydroxylation is 1. The third kappa shape index (κ3) is 3.00. The quantitative estimate of drug-likeness (QED) is 0.833. The first kappa shape index (κ1) is 13.7. The summed E-state index contributed by atoms with van der Waals surface area (Å²) in [7, 11) is 0. The molecule has 6 nitrogen and oxygen atoms in total. The maximum atomic E-state index is 12.2. The smallest absolute Gasteiger partial charge is 0.320 e. The number of anilines is 1. The molecule has 0 saturated carbocycles. The summed E-state index contributed by atoms with van der Waals surface area (Å²) in [6.07, 6.45) is 0. The van der Waals surface area contributed by atoms with Gasteiger partial charge in [0.15, 0.2) is 5.82 Å². The van der Waals surface area contributed by atoms with Crippen LogP contribution in [0.15, 0.2) is 10.6 Å². The number of hydrogen-bond donors (Lipinski definition) is 0. The second-order valence-corrected chi connectivity index (χ2v) is 4.72. The number of hydrogen-bond acceptors (Lipinski definition) is 4. The van der Waals surface area contributed by atoms with E-state index in [1.54, 1.807) is 0 Å². The fraction of sp³-hybridized carbons (Fsp3) is 0.692. The second-order valence-electron chi connectivity index (χ2n) is 4.72. The van der Waals surface area contributed by atoms with Gasteiger partial charge < -0.3 is 19.2 Å². The zero-order valence-corrected chi connectivity index (χ0v) is 11.9. The maximum absolute atomic E-state index is 12.2. The number of rotatable bonds is 3. The van der Waals surface area contributed by atoms with Gasteiger partial charge in [-0.25, -0.2) is 4.79 Å². The average Bonchev–Trinajstić information content (AvgIpc) is 2.87. The Morgan fingerprint density at radius 1 is 1.32 bits per heavy atom. The van der Waals surface area contributed by atoms with Crippen molar-refractivity contribution in [3.63, 3.8) is 0 Å². The summed E-state index contributed by atoms with van der Waals surface area (Å²) < 4.78 is 5.08. The third-order valence-electron chi connectivity index (χ3n) is 3.52. The van der Waals surface area contributed by atoms with Crippen LogP contribution >= 0.6 is 0 Å². The maximum Gasteiger partial charge on any atom is 0.320 e. The van der Waals surface area contributed by atoms with Gasteiger partial charge in [-0.15, -0.1) is 0 Å². The van der Waals surface area contributed by atoms with Crippen LogP contribution in [0.4, 0.5) is 10.6 Å². The summed E-state index contributed by atoms with van der Waals surface area (Å²) in [4.78, 5) is 18.1. The molecule has 0 radical (unpaired) electrons. The van der Waals surface area contributed by atoms with Crippen LogP contribution in [0.25, 0.3) is 0 Å². The molecule has 0 unspecified atom stereocenters. The van der Waals surface area contributed by atoms with Crippen molar-refractivity contribution in [1.82, 2.24) is 15.0 Å². The third-order valence-corrected chi connectivity index (χ3v) is 3.52. The molecule has 106 valence electrons. The van der Waals surface area contributed by atoms with Gasteiger partial charge >= 0.3 is 6.03 Å². The predicted octanol–water partition coefficient (Wildman–Crippen LogP) is 1.57. The monoisotopic (exact) mass is 266 g/mol. The minimum Gasteiger partial charge on any atom is -0.360 e. The largest absolute Gasteiger partial charge is 0.360 e. The molecule has 0 spiro atoms. The highest BCUT2D eigenvalue weighted by atomic mass is 16.5. The standard InChI is InChI=1S/C13H22N4O2/c1-4-15(5-2)13(18)17-8-6-16(7-9-17)12-10-11(3)19-14-12/h10H,4-9H2,1-3H3. The van der Waals surface area contributed by atoms with E-state index in [9.17, 15) is 4.79 Å². The second kappa shape index (κ2) is 5.95. The van der Waals surface area contributed by atoms with Crippen molar-refractivity contribution in [1.29, 1.82) is 0 Å². The topological polar surface area (TPSA) is 52.8 Å². The highest BCUT2D eigenvalue weighted by Gasteiger charge is 2.24. The summed E-state index contributed by atoms with van der Waals surface area (Å²) in [6, 6.07) is 2.07. The number of carbonyl (C=O) groups is 1. The van der Waals surface area contributed by atoms with E-state index in [1.807, 2.05) is 36.6 Å². The Bertz CT molecular complexity index is 420. The van der Waals surface area contributed by atoms with Crippen molar-refractivity contribution < 1.29 is 9.32 Å². The number of carbonyl (C=O) groups excluding carboxylic acids is 1. The molecule has 2 heterocycles. The highest BCUT2D eigenvalue weighted by Crippen LogP contribution is 2.16. The van der Waals surface area contributed by atoms with Gasteiger partial charge in [-0.2, -0.15) is 0 Å². The Hall–Kier alpha value is -1.72. The Morgan fingerprint density at radius 2 is 1.95 bits per heavy atom. The van der Waals surface area contributed by atoms with Crippen molar-refractivity contribution in [2.45, 2.75) is 20.8 Å². The van der Waals surface area contributed by atoms with Gasteiger partial charge in [0.2, 0.25) is 0 Å². The number of nitrogens with zero attached hydrogens (tertiary/aromatic N) is 4.